The van der Waals surface area contributed by atoms with Gasteiger partial charge in [-0.15, -0.1) is 0 Å². The van der Waals surface area contributed by atoms with Crippen LogP contribution in [0.5, 0.6) is 0 Å². The number of fused-ring (bicyclic) bond motifs is 3. The van der Waals surface area contributed by atoms with Gasteiger partial charge in [-0.2, -0.15) is 0 Å². The summed E-state index contributed by atoms with van der Waals surface area (Å²) >= 11 is 0. The van der Waals surface area contributed by atoms with Crippen molar-refractivity contribution < 1.29 is 29.0 Å². The quantitative estimate of drug-likeness (QED) is 0.517. The number of carboxylic acids is 1. The van der Waals surface area contributed by atoms with Crippen LogP contribution in [-0.4, -0.2) is 40.8 Å². The third-order valence-corrected chi connectivity index (χ3v) is 5.20. The van der Waals surface area contributed by atoms with Crippen LogP contribution in [-0.2, 0) is 23.9 Å². The van der Waals surface area contributed by atoms with Crippen molar-refractivity contribution >= 4 is 17.9 Å². The van der Waals surface area contributed by atoms with Crippen LogP contribution in [0.4, 0.5) is 0 Å². The van der Waals surface area contributed by atoms with Gasteiger partial charge in [0.05, 0.1) is 0 Å². The van der Waals surface area contributed by atoms with Gasteiger partial charge in [0.15, 0.2) is 0 Å². The van der Waals surface area contributed by atoms with Gasteiger partial charge < -0.3 is 20.3 Å². The third-order valence-electron chi connectivity index (χ3n) is 5.20. The van der Waals surface area contributed by atoms with Gasteiger partial charge in [0.2, 0.25) is 5.54 Å². The average molecular weight is 425 g/mol. The maximum atomic E-state index is 12.9. The van der Waals surface area contributed by atoms with Crippen LogP contribution in [0.25, 0.3) is 11.1 Å². The number of carboxylic acid groups (broad SMARTS) is 1. The summed E-state index contributed by atoms with van der Waals surface area (Å²) in [4.78, 5) is 36.7. The lowest BCUT2D eigenvalue weighted by Gasteiger charge is -2.29. The molecule has 7 nitrogen and oxygen atoms in total. The van der Waals surface area contributed by atoms with E-state index in [2.05, 4.69) is 0 Å². The highest BCUT2D eigenvalue weighted by molar-refractivity contribution is 6.05. The minimum Gasteiger partial charge on any atom is -0.481 e. The Morgan fingerprint density at radius 1 is 0.935 bits per heavy atom. The van der Waals surface area contributed by atoms with E-state index in [0.29, 0.717) is 0 Å². The first-order valence-electron chi connectivity index (χ1n) is 10.1. The number of nitrogens with two attached hydrogens (primary N) is 1. The summed E-state index contributed by atoms with van der Waals surface area (Å²) < 4.78 is 10.8. The van der Waals surface area contributed by atoms with E-state index >= 15 is 0 Å². The number of carbonyl (C=O) groups excluding carboxylic acids is 2. The Labute approximate surface area is 181 Å². The first kappa shape index (κ1) is 22.5. The van der Waals surface area contributed by atoms with Gasteiger partial charge >= 0.3 is 17.9 Å². The third kappa shape index (κ3) is 4.77. The van der Waals surface area contributed by atoms with Crippen molar-refractivity contribution in [3.05, 3.63) is 59.7 Å². The zero-order valence-electron chi connectivity index (χ0n) is 17.9. The topological polar surface area (TPSA) is 116 Å². The minimum absolute atomic E-state index is 0.0261. The van der Waals surface area contributed by atoms with Gasteiger partial charge in [-0.3, -0.25) is 4.79 Å². The number of aliphatic carboxylic acids is 1. The molecule has 0 saturated carbocycles. The Morgan fingerprint density at radius 3 is 1.94 bits per heavy atom. The van der Waals surface area contributed by atoms with Crippen LogP contribution in [0.2, 0.25) is 0 Å². The van der Waals surface area contributed by atoms with Gasteiger partial charge in [0.1, 0.15) is 12.2 Å². The number of ether oxygens (including phenoxy) is 2. The molecule has 0 heterocycles. The summed E-state index contributed by atoms with van der Waals surface area (Å²) in [5, 5.41) is 9.03. The maximum Gasteiger partial charge on any atom is 0.338 e. The second kappa shape index (κ2) is 8.51. The van der Waals surface area contributed by atoms with Gasteiger partial charge in [-0.1, -0.05) is 48.5 Å². The van der Waals surface area contributed by atoms with E-state index in [1.165, 1.54) is 0 Å². The number of hydrogen-bond donors (Lipinski definition) is 2. The number of benzene rings is 2. The molecule has 2 aromatic carbocycles. The molecule has 164 valence electrons. The molecule has 0 saturated heterocycles. The molecular weight excluding hydrogens is 398 g/mol. The highest BCUT2D eigenvalue weighted by atomic mass is 16.6. The van der Waals surface area contributed by atoms with E-state index < -0.39 is 41.9 Å². The van der Waals surface area contributed by atoms with E-state index in [0.717, 1.165) is 22.3 Å². The van der Waals surface area contributed by atoms with Crippen LogP contribution >= 0.6 is 0 Å². The average Bonchev–Trinajstić information content (AvgIpc) is 3.02. The Kier molecular flexibility index (Phi) is 6.18. The van der Waals surface area contributed by atoms with Crippen molar-refractivity contribution in [2.24, 2.45) is 5.73 Å². The summed E-state index contributed by atoms with van der Waals surface area (Å²) in [6.45, 7) is 4.89. The zero-order valence-corrected chi connectivity index (χ0v) is 17.9. The zero-order chi connectivity index (χ0) is 22.8. The van der Waals surface area contributed by atoms with Crippen molar-refractivity contribution in [1.29, 1.82) is 0 Å². The largest absolute Gasteiger partial charge is 0.481 e. The van der Waals surface area contributed by atoms with Crippen LogP contribution < -0.4 is 5.73 Å². The second-order valence-corrected chi connectivity index (χ2v) is 8.69. The molecule has 0 bridgehead atoms. The Hall–Kier alpha value is -3.19. The molecule has 0 aliphatic heterocycles. The van der Waals surface area contributed by atoms with E-state index in [-0.39, 0.29) is 12.5 Å². The SMILES string of the molecule is CC(C)(C)OC(=O)C(N)(CCC(=O)O)C(=O)OCC1c2ccccc2-c2ccccc21. The molecule has 0 aromatic heterocycles. The fourth-order valence-electron chi connectivity index (χ4n) is 3.69. The van der Waals surface area contributed by atoms with E-state index in [9.17, 15) is 14.4 Å². The second-order valence-electron chi connectivity index (χ2n) is 8.69. The normalized spacial score (nSPS) is 14.8. The van der Waals surface area contributed by atoms with Crippen LogP contribution in [0.15, 0.2) is 48.5 Å². The van der Waals surface area contributed by atoms with Crippen molar-refractivity contribution in [1.82, 2.24) is 0 Å². The van der Waals surface area contributed by atoms with Crippen molar-refractivity contribution in [2.45, 2.75) is 50.7 Å². The minimum atomic E-state index is -2.21. The van der Waals surface area contributed by atoms with Gasteiger partial charge in [0.25, 0.3) is 0 Å². The number of carbonyl (C=O) groups is 3. The molecule has 0 spiro atoms. The predicted octanol–water partition coefficient (Wildman–Crippen LogP) is 3.25. The number of esters is 2. The highest BCUT2D eigenvalue weighted by Crippen LogP contribution is 2.44. The summed E-state index contributed by atoms with van der Waals surface area (Å²) in [7, 11) is 0. The van der Waals surface area contributed by atoms with Gasteiger partial charge in [-0.05, 0) is 49.4 Å². The standard InChI is InChI=1S/C24H27NO6/c1-23(2,3)31-22(29)24(25,13-12-20(26)27)21(28)30-14-19-17-10-6-4-8-15(17)16-9-5-7-11-18(16)19/h4-11,19H,12-14,25H2,1-3H3,(H,26,27). The molecule has 2 aromatic rings. The molecule has 3 N–H and O–H groups in total. The van der Waals surface area contributed by atoms with Crippen LogP contribution in [0, 0.1) is 0 Å². The molecule has 1 aliphatic rings. The monoisotopic (exact) mass is 425 g/mol. The van der Waals surface area contributed by atoms with Gasteiger partial charge in [-0.25, -0.2) is 9.59 Å². The summed E-state index contributed by atoms with van der Waals surface area (Å²) in [6, 6.07) is 15.7. The first-order chi connectivity index (χ1) is 14.5. The summed E-state index contributed by atoms with van der Waals surface area (Å²) in [5.41, 5.74) is 7.17. The molecule has 1 unspecified atom stereocenters. The lowest BCUT2D eigenvalue weighted by Crippen LogP contribution is -2.58. The van der Waals surface area contributed by atoms with E-state index in [4.69, 9.17) is 20.3 Å². The molecule has 7 heteroatoms. The predicted molar refractivity (Wildman–Crippen MR) is 114 cm³/mol. The molecular formula is C24H27NO6. The number of hydrogen-bond acceptors (Lipinski definition) is 6. The lowest BCUT2D eigenvalue weighted by atomic mass is 9.93. The fourth-order valence-corrected chi connectivity index (χ4v) is 3.69. The smallest absolute Gasteiger partial charge is 0.338 e. The van der Waals surface area contributed by atoms with E-state index in [1.54, 1.807) is 20.8 Å². The molecule has 0 fully saturated rings. The highest BCUT2D eigenvalue weighted by Gasteiger charge is 2.47. The van der Waals surface area contributed by atoms with Crippen molar-refractivity contribution in [3.63, 3.8) is 0 Å². The number of rotatable bonds is 7. The first-order valence-corrected chi connectivity index (χ1v) is 10.1. The molecule has 1 aliphatic carbocycles. The van der Waals surface area contributed by atoms with Crippen molar-refractivity contribution in [2.75, 3.05) is 6.61 Å². The lowest BCUT2D eigenvalue weighted by molar-refractivity contribution is -0.172. The van der Waals surface area contributed by atoms with Crippen molar-refractivity contribution in [3.8, 4) is 11.1 Å². The Balaban J connectivity index is 1.82. The fraction of sp³-hybridized carbons (Fsp3) is 0.375. The molecule has 1 atom stereocenters. The molecule has 3 rings (SSSR count). The maximum absolute atomic E-state index is 12.9. The molecule has 0 amide bonds. The summed E-state index contributed by atoms with van der Waals surface area (Å²) in [6.07, 6.45) is -0.895. The van der Waals surface area contributed by atoms with Crippen LogP contribution in [0.3, 0.4) is 0 Å². The molecule has 31 heavy (non-hydrogen) atoms. The van der Waals surface area contributed by atoms with Crippen LogP contribution in [0.1, 0.15) is 50.7 Å². The Morgan fingerprint density at radius 2 is 1.45 bits per heavy atom. The van der Waals surface area contributed by atoms with E-state index in [1.807, 2.05) is 48.5 Å². The Bertz CT molecular complexity index is 964. The summed E-state index contributed by atoms with van der Waals surface area (Å²) in [5.74, 6) is -3.38. The van der Waals surface area contributed by atoms with Gasteiger partial charge in [0, 0.05) is 12.3 Å². The molecule has 0 radical (unpaired) electrons.